The van der Waals surface area contributed by atoms with Crippen molar-refractivity contribution in [1.82, 2.24) is 4.98 Å². The number of halogens is 3. The van der Waals surface area contributed by atoms with E-state index >= 15 is 0 Å². The molecule has 9 heteroatoms. The van der Waals surface area contributed by atoms with Gasteiger partial charge in [0.05, 0.1) is 12.0 Å². The number of nitrogens with zero attached hydrogens (tertiary/aromatic N) is 2. The second-order valence-corrected chi connectivity index (χ2v) is 2.77. The number of carbonyl (C=O) groups is 1. The molecule has 0 saturated carbocycles. The molecule has 0 unspecified atom stereocenters. The molecule has 0 spiro atoms. The van der Waals surface area contributed by atoms with Crippen molar-refractivity contribution in [3.8, 4) is 0 Å². The molecule has 1 heterocycles. The highest BCUT2D eigenvalue weighted by Gasteiger charge is 2.30. The van der Waals surface area contributed by atoms with Crippen LogP contribution in [0.25, 0.3) is 0 Å². The van der Waals surface area contributed by atoms with Gasteiger partial charge in [-0.2, -0.15) is 4.39 Å². The van der Waals surface area contributed by atoms with E-state index < -0.39 is 40.2 Å². The minimum absolute atomic E-state index is 0.371. The molecule has 0 saturated heterocycles. The Balaban J connectivity index is 3.46. The Hall–Kier alpha value is -2.19. The zero-order valence-corrected chi connectivity index (χ0v) is 8.32. The normalized spacial score (nSPS) is 10.4. The molecule has 0 aromatic carbocycles. The second-order valence-electron chi connectivity index (χ2n) is 2.77. The highest BCUT2D eigenvalue weighted by Crippen LogP contribution is 2.29. The van der Waals surface area contributed by atoms with Gasteiger partial charge in [0.1, 0.15) is 0 Å². The van der Waals surface area contributed by atoms with Gasteiger partial charge in [0.15, 0.2) is 11.4 Å². The van der Waals surface area contributed by atoms with Crippen LogP contribution in [0.4, 0.5) is 18.9 Å². The summed E-state index contributed by atoms with van der Waals surface area (Å²) < 4.78 is 42.2. The number of ether oxygens (including phenoxy) is 1. The maximum atomic E-state index is 13.2. The zero-order valence-electron chi connectivity index (χ0n) is 8.32. The number of esters is 1. The molecule has 0 aliphatic heterocycles. The van der Waals surface area contributed by atoms with Crippen molar-refractivity contribution in [1.29, 1.82) is 0 Å². The van der Waals surface area contributed by atoms with Crippen molar-refractivity contribution in [2.24, 2.45) is 0 Å². The first-order valence-corrected chi connectivity index (χ1v) is 4.09. The molecule has 0 fully saturated rings. The fraction of sp³-hybridized carbons (Fsp3) is 0.250. The minimum atomic E-state index is -3.38. The van der Waals surface area contributed by atoms with Crippen molar-refractivity contribution in [3.05, 3.63) is 33.4 Å². The van der Waals surface area contributed by atoms with Crippen molar-refractivity contribution >= 4 is 11.7 Å². The smallest absolute Gasteiger partial charge is 0.356 e. The van der Waals surface area contributed by atoms with Gasteiger partial charge in [0, 0.05) is 6.07 Å². The van der Waals surface area contributed by atoms with E-state index in [2.05, 4.69) is 9.72 Å². The molecule has 92 valence electrons. The topological polar surface area (TPSA) is 82.3 Å². The van der Waals surface area contributed by atoms with E-state index in [9.17, 15) is 28.1 Å². The molecule has 0 radical (unpaired) electrons. The fourth-order valence-electron chi connectivity index (χ4n) is 1.07. The second kappa shape index (κ2) is 4.76. The lowest BCUT2D eigenvalue weighted by Gasteiger charge is -2.04. The summed E-state index contributed by atoms with van der Waals surface area (Å²) in [6.07, 6.45) is -3.38. The van der Waals surface area contributed by atoms with Crippen molar-refractivity contribution in [2.75, 3.05) is 7.11 Å². The first kappa shape index (κ1) is 12.9. The van der Waals surface area contributed by atoms with Crippen LogP contribution >= 0.6 is 0 Å². The van der Waals surface area contributed by atoms with Crippen molar-refractivity contribution in [3.63, 3.8) is 0 Å². The number of methoxy groups -OCH3 is 1. The lowest BCUT2D eigenvalue weighted by molar-refractivity contribution is -0.389. The molecule has 1 aromatic heterocycles. The molecule has 6 nitrogen and oxygen atoms in total. The van der Waals surface area contributed by atoms with Crippen molar-refractivity contribution < 1.29 is 27.6 Å². The number of pyridine rings is 1. The van der Waals surface area contributed by atoms with E-state index in [4.69, 9.17) is 0 Å². The Bertz CT molecular complexity index is 478. The molecule has 0 amide bonds. The lowest BCUT2D eigenvalue weighted by atomic mass is 10.2. The predicted octanol–water partition coefficient (Wildman–Crippen LogP) is 1.85. The van der Waals surface area contributed by atoms with Gasteiger partial charge in [-0.15, -0.1) is 0 Å². The van der Waals surface area contributed by atoms with Gasteiger partial charge in [-0.1, -0.05) is 0 Å². The zero-order chi connectivity index (χ0) is 13.2. The minimum Gasteiger partial charge on any atom is -0.464 e. The average molecular weight is 250 g/mol. The lowest BCUT2D eigenvalue weighted by Crippen LogP contribution is -2.10. The maximum absolute atomic E-state index is 13.2. The Morgan fingerprint density at radius 2 is 2.18 bits per heavy atom. The average Bonchev–Trinajstić information content (AvgIpc) is 2.26. The molecule has 0 aliphatic rings. The summed E-state index contributed by atoms with van der Waals surface area (Å²) >= 11 is 0. The van der Waals surface area contributed by atoms with Crippen LogP contribution in [0, 0.1) is 15.9 Å². The third kappa shape index (κ3) is 2.49. The maximum Gasteiger partial charge on any atom is 0.356 e. The summed E-state index contributed by atoms with van der Waals surface area (Å²) in [6, 6.07) is 0.371. The Labute approximate surface area is 92.2 Å². The first-order valence-electron chi connectivity index (χ1n) is 4.09. The van der Waals surface area contributed by atoms with E-state index in [1.54, 1.807) is 0 Å². The summed E-state index contributed by atoms with van der Waals surface area (Å²) in [5, 5.41) is 10.4. The molecule has 1 rings (SSSR count). The molecule has 0 atom stereocenters. The number of rotatable bonds is 3. The molecular weight excluding hydrogens is 245 g/mol. The van der Waals surface area contributed by atoms with Crippen LogP contribution in [0.3, 0.4) is 0 Å². The number of hydrogen-bond acceptors (Lipinski definition) is 5. The van der Waals surface area contributed by atoms with Crippen LogP contribution in [0.2, 0.25) is 0 Å². The van der Waals surface area contributed by atoms with E-state index in [0.717, 1.165) is 7.11 Å². The number of aromatic nitrogens is 1. The SMILES string of the molecule is COC(=O)c1cc(F)c([N+](=O)[O-])c(C(F)F)n1. The highest BCUT2D eigenvalue weighted by atomic mass is 19.3. The largest absolute Gasteiger partial charge is 0.464 e. The summed E-state index contributed by atoms with van der Waals surface area (Å²) in [5.41, 5.74) is -3.62. The molecule has 0 N–H and O–H groups in total. The van der Waals surface area contributed by atoms with Gasteiger partial charge >= 0.3 is 11.7 Å². The molecule has 1 aromatic rings. The predicted molar refractivity (Wildman–Crippen MR) is 47.1 cm³/mol. The van der Waals surface area contributed by atoms with Crippen LogP contribution < -0.4 is 0 Å². The Kier molecular flexibility index (Phi) is 3.61. The Morgan fingerprint density at radius 1 is 1.59 bits per heavy atom. The monoisotopic (exact) mass is 250 g/mol. The van der Waals surface area contributed by atoms with Gasteiger partial charge in [0.2, 0.25) is 5.82 Å². The van der Waals surface area contributed by atoms with E-state index in [0.29, 0.717) is 6.07 Å². The molecular formula is C8H5F3N2O4. The quantitative estimate of drug-likeness (QED) is 0.464. The van der Waals surface area contributed by atoms with Crippen LogP contribution in [0.5, 0.6) is 0 Å². The van der Waals surface area contributed by atoms with Crippen LogP contribution in [0.15, 0.2) is 6.07 Å². The summed E-state index contributed by atoms with van der Waals surface area (Å²) in [7, 11) is 0.936. The van der Waals surface area contributed by atoms with Crippen molar-refractivity contribution in [2.45, 2.75) is 6.43 Å². The third-order valence-electron chi connectivity index (χ3n) is 1.76. The van der Waals surface area contributed by atoms with Gasteiger partial charge in [-0.25, -0.2) is 18.6 Å². The number of hydrogen-bond donors (Lipinski definition) is 0. The molecule has 17 heavy (non-hydrogen) atoms. The molecule has 0 aliphatic carbocycles. The van der Waals surface area contributed by atoms with Gasteiger partial charge in [-0.3, -0.25) is 10.1 Å². The van der Waals surface area contributed by atoms with Crippen LogP contribution in [0.1, 0.15) is 22.6 Å². The standard InChI is InChI=1S/C8H5F3N2O4/c1-17-8(14)4-2-3(9)6(13(15)16)5(12-4)7(10)11/h2,7H,1H3. The number of nitro groups is 1. The molecule has 0 bridgehead atoms. The van der Waals surface area contributed by atoms with Crippen LogP contribution in [-0.2, 0) is 4.74 Å². The summed E-state index contributed by atoms with van der Waals surface area (Å²) in [5.74, 6) is -2.73. The third-order valence-corrected chi connectivity index (χ3v) is 1.76. The summed E-state index contributed by atoms with van der Waals surface area (Å²) in [4.78, 5) is 23.0. The number of carbonyl (C=O) groups excluding carboxylic acids is 1. The Morgan fingerprint density at radius 3 is 2.59 bits per heavy atom. The first-order chi connectivity index (χ1) is 7.88. The fourth-order valence-corrected chi connectivity index (χ4v) is 1.07. The van der Waals surface area contributed by atoms with Gasteiger partial charge in [-0.05, 0) is 0 Å². The van der Waals surface area contributed by atoms with E-state index in [1.807, 2.05) is 0 Å². The van der Waals surface area contributed by atoms with E-state index in [-0.39, 0.29) is 0 Å². The number of alkyl halides is 2. The van der Waals surface area contributed by atoms with Gasteiger partial charge in [0.25, 0.3) is 6.43 Å². The van der Waals surface area contributed by atoms with Crippen LogP contribution in [-0.4, -0.2) is 23.0 Å². The highest BCUT2D eigenvalue weighted by molar-refractivity contribution is 5.87. The van der Waals surface area contributed by atoms with Gasteiger partial charge < -0.3 is 4.74 Å². The summed E-state index contributed by atoms with van der Waals surface area (Å²) in [6.45, 7) is 0. The van der Waals surface area contributed by atoms with E-state index in [1.165, 1.54) is 0 Å².